The zero-order valence-corrected chi connectivity index (χ0v) is 10.3. The van der Waals surface area contributed by atoms with Crippen molar-refractivity contribution in [1.82, 2.24) is 9.55 Å². The van der Waals surface area contributed by atoms with Crippen molar-refractivity contribution < 1.29 is 13.2 Å². The smallest absolute Gasteiger partial charge is 0.290 e. The molecule has 0 aliphatic rings. The quantitative estimate of drug-likeness (QED) is 0.808. The lowest BCUT2D eigenvalue weighted by atomic mass is 10.2. The molecule has 0 bridgehead atoms. The Hall–Kier alpha value is -1.81. The summed E-state index contributed by atoms with van der Waals surface area (Å²) < 4.78 is 39.1. The van der Waals surface area contributed by atoms with Crippen molar-refractivity contribution in [1.29, 1.82) is 5.26 Å². The van der Waals surface area contributed by atoms with Crippen LogP contribution in [0, 0.1) is 11.3 Å². The fourth-order valence-corrected chi connectivity index (χ4v) is 2.03. The van der Waals surface area contributed by atoms with Crippen molar-refractivity contribution in [3.63, 3.8) is 0 Å². The molecule has 1 aromatic carbocycles. The summed E-state index contributed by atoms with van der Waals surface area (Å²) >= 11 is 3.07. The van der Waals surface area contributed by atoms with Gasteiger partial charge < -0.3 is 0 Å². The topological polar surface area (TPSA) is 41.6 Å². The first kappa shape index (κ1) is 12.6. The molecular formula is C11H5BrF3N3. The predicted octanol–water partition coefficient (Wildman–Crippen LogP) is 3.53. The number of halogens is 4. The van der Waals surface area contributed by atoms with E-state index in [4.69, 9.17) is 5.26 Å². The molecular weight excluding hydrogens is 311 g/mol. The van der Waals surface area contributed by atoms with Gasteiger partial charge in [-0.2, -0.15) is 18.4 Å². The minimum absolute atomic E-state index is 0.107. The highest BCUT2D eigenvalue weighted by molar-refractivity contribution is 9.10. The maximum atomic E-state index is 12.5. The van der Waals surface area contributed by atoms with E-state index in [0.29, 0.717) is 5.69 Å². The highest BCUT2D eigenvalue weighted by Crippen LogP contribution is 2.33. The molecule has 7 heteroatoms. The maximum absolute atomic E-state index is 12.5. The van der Waals surface area contributed by atoms with E-state index in [9.17, 15) is 13.2 Å². The largest absolute Gasteiger partial charge is 0.416 e. The SMILES string of the molecule is N#Cc1nccn1-c1ccc(C(F)(F)F)cc1Br. The van der Waals surface area contributed by atoms with Gasteiger partial charge in [-0.25, -0.2) is 4.98 Å². The van der Waals surface area contributed by atoms with Crippen LogP contribution >= 0.6 is 15.9 Å². The monoisotopic (exact) mass is 315 g/mol. The van der Waals surface area contributed by atoms with Crippen LogP contribution in [0.5, 0.6) is 0 Å². The van der Waals surface area contributed by atoms with E-state index in [2.05, 4.69) is 20.9 Å². The Kier molecular flexibility index (Phi) is 3.13. The van der Waals surface area contributed by atoms with Gasteiger partial charge in [0.15, 0.2) is 0 Å². The van der Waals surface area contributed by atoms with E-state index in [1.807, 2.05) is 6.07 Å². The molecule has 1 aromatic heterocycles. The van der Waals surface area contributed by atoms with Gasteiger partial charge in [0, 0.05) is 16.9 Å². The van der Waals surface area contributed by atoms with Crippen LogP contribution in [0.25, 0.3) is 5.69 Å². The van der Waals surface area contributed by atoms with Crippen molar-refractivity contribution in [3.8, 4) is 11.8 Å². The van der Waals surface area contributed by atoms with Crippen molar-refractivity contribution in [3.05, 3.63) is 46.5 Å². The van der Waals surface area contributed by atoms with Crippen LogP contribution in [0.3, 0.4) is 0 Å². The summed E-state index contributed by atoms with van der Waals surface area (Å²) in [5.41, 5.74) is -0.325. The van der Waals surface area contributed by atoms with Crippen LogP contribution in [0.4, 0.5) is 13.2 Å². The van der Waals surface area contributed by atoms with Gasteiger partial charge in [-0.05, 0) is 34.1 Å². The van der Waals surface area contributed by atoms with E-state index in [1.165, 1.54) is 23.0 Å². The predicted molar refractivity (Wildman–Crippen MR) is 61.0 cm³/mol. The Morgan fingerprint density at radius 1 is 1.33 bits per heavy atom. The van der Waals surface area contributed by atoms with Gasteiger partial charge in [0.05, 0.1) is 11.3 Å². The third-order valence-electron chi connectivity index (χ3n) is 2.28. The molecule has 0 saturated carbocycles. The molecule has 0 spiro atoms. The van der Waals surface area contributed by atoms with Crippen LogP contribution in [-0.2, 0) is 6.18 Å². The second-order valence-electron chi connectivity index (χ2n) is 3.40. The average Bonchev–Trinajstić information content (AvgIpc) is 2.75. The van der Waals surface area contributed by atoms with Crippen LogP contribution < -0.4 is 0 Å². The molecule has 0 atom stereocenters. The summed E-state index contributed by atoms with van der Waals surface area (Å²) in [4.78, 5) is 3.78. The van der Waals surface area contributed by atoms with Crippen LogP contribution in [0.2, 0.25) is 0 Å². The Labute approximate surface area is 109 Å². The summed E-state index contributed by atoms with van der Waals surface area (Å²) in [6.45, 7) is 0. The zero-order valence-electron chi connectivity index (χ0n) is 8.74. The van der Waals surface area contributed by atoms with E-state index in [0.717, 1.165) is 12.1 Å². The molecule has 0 fully saturated rings. The molecule has 18 heavy (non-hydrogen) atoms. The van der Waals surface area contributed by atoms with Crippen molar-refractivity contribution in [2.45, 2.75) is 6.18 Å². The summed E-state index contributed by atoms with van der Waals surface area (Å²) in [6.07, 6.45) is -1.48. The zero-order chi connectivity index (χ0) is 13.3. The van der Waals surface area contributed by atoms with E-state index >= 15 is 0 Å². The van der Waals surface area contributed by atoms with Gasteiger partial charge in [0.1, 0.15) is 6.07 Å². The number of nitriles is 1. The Bertz CT molecular complexity index is 625. The molecule has 92 valence electrons. The lowest BCUT2D eigenvalue weighted by molar-refractivity contribution is -0.137. The van der Waals surface area contributed by atoms with Gasteiger partial charge in [-0.1, -0.05) is 0 Å². The molecule has 0 aliphatic carbocycles. The van der Waals surface area contributed by atoms with E-state index in [-0.39, 0.29) is 10.3 Å². The molecule has 2 aromatic rings. The fraction of sp³-hybridized carbons (Fsp3) is 0.0909. The van der Waals surface area contributed by atoms with Gasteiger partial charge >= 0.3 is 6.18 Å². The van der Waals surface area contributed by atoms with Gasteiger partial charge in [-0.15, -0.1) is 0 Å². The standard InChI is InChI=1S/C11H5BrF3N3/c12-8-5-7(11(13,14)15)1-2-9(8)18-4-3-17-10(18)6-16/h1-5H. The Balaban J connectivity index is 2.53. The number of imidazole rings is 1. The van der Waals surface area contributed by atoms with Crippen LogP contribution in [-0.4, -0.2) is 9.55 Å². The van der Waals surface area contributed by atoms with Crippen molar-refractivity contribution in [2.75, 3.05) is 0 Å². The molecule has 0 radical (unpaired) electrons. The highest BCUT2D eigenvalue weighted by atomic mass is 79.9. The lowest BCUT2D eigenvalue weighted by Crippen LogP contribution is -2.06. The number of nitrogens with zero attached hydrogens (tertiary/aromatic N) is 3. The molecule has 0 N–H and O–H groups in total. The van der Waals surface area contributed by atoms with Gasteiger partial charge in [0.2, 0.25) is 5.82 Å². The Morgan fingerprint density at radius 3 is 2.61 bits per heavy atom. The molecule has 3 nitrogen and oxygen atoms in total. The molecule has 0 saturated heterocycles. The van der Waals surface area contributed by atoms with Gasteiger partial charge in [0.25, 0.3) is 0 Å². The minimum atomic E-state index is -4.39. The third-order valence-corrected chi connectivity index (χ3v) is 2.91. The molecule has 0 amide bonds. The Morgan fingerprint density at radius 2 is 2.06 bits per heavy atom. The summed E-state index contributed by atoms with van der Waals surface area (Å²) in [7, 11) is 0. The van der Waals surface area contributed by atoms with E-state index in [1.54, 1.807) is 0 Å². The van der Waals surface area contributed by atoms with Gasteiger partial charge in [-0.3, -0.25) is 4.57 Å². The number of aromatic nitrogens is 2. The second-order valence-corrected chi connectivity index (χ2v) is 4.25. The van der Waals surface area contributed by atoms with E-state index < -0.39 is 11.7 Å². The first-order chi connectivity index (χ1) is 8.43. The van der Waals surface area contributed by atoms with Crippen LogP contribution in [0.15, 0.2) is 35.1 Å². The minimum Gasteiger partial charge on any atom is -0.290 e. The number of alkyl halides is 3. The number of hydrogen-bond acceptors (Lipinski definition) is 2. The third kappa shape index (κ3) is 2.24. The summed E-state index contributed by atoms with van der Waals surface area (Å²) in [5, 5.41) is 8.81. The van der Waals surface area contributed by atoms with Crippen LogP contribution in [0.1, 0.15) is 11.4 Å². The van der Waals surface area contributed by atoms with Crippen molar-refractivity contribution >= 4 is 15.9 Å². The first-order valence-corrected chi connectivity index (χ1v) is 5.53. The summed E-state index contributed by atoms with van der Waals surface area (Å²) in [6, 6.07) is 5.07. The molecule has 0 unspecified atom stereocenters. The van der Waals surface area contributed by atoms with Crippen molar-refractivity contribution in [2.24, 2.45) is 0 Å². The number of rotatable bonds is 1. The second kappa shape index (κ2) is 4.46. The highest BCUT2D eigenvalue weighted by Gasteiger charge is 2.31. The molecule has 2 rings (SSSR count). The maximum Gasteiger partial charge on any atom is 0.416 e. The molecule has 1 heterocycles. The number of benzene rings is 1. The lowest BCUT2D eigenvalue weighted by Gasteiger charge is -2.11. The molecule has 0 aliphatic heterocycles. The fourth-order valence-electron chi connectivity index (χ4n) is 1.46. The summed E-state index contributed by atoms with van der Waals surface area (Å²) in [5.74, 6) is 0.107. The normalized spacial score (nSPS) is 11.3. The average molecular weight is 316 g/mol. The first-order valence-electron chi connectivity index (χ1n) is 4.74. The number of hydrogen-bond donors (Lipinski definition) is 0.